The highest BCUT2D eigenvalue weighted by Gasteiger charge is 2.21. The molecule has 0 spiro atoms. The number of amides is 1. The quantitative estimate of drug-likeness (QED) is 0.736. The summed E-state index contributed by atoms with van der Waals surface area (Å²) in [4.78, 5) is 12.8. The molecule has 0 aromatic heterocycles. The first kappa shape index (κ1) is 19.3. The number of hydrogen-bond acceptors (Lipinski definition) is 3. The van der Waals surface area contributed by atoms with E-state index in [4.69, 9.17) is 9.47 Å². The van der Waals surface area contributed by atoms with Crippen LogP contribution < -0.4 is 14.8 Å². The number of aryl methyl sites for hydroxylation is 2. The average molecular weight is 367 g/mol. The summed E-state index contributed by atoms with van der Waals surface area (Å²) in [5.74, 6) is 1.28. The number of rotatable bonds is 7. The third-order valence-corrected chi connectivity index (χ3v) is 4.77. The Morgan fingerprint density at radius 1 is 1.04 bits per heavy atom. The third-order valence-electron chi connectivity index (χ3n) is 4.77. The van der Waals surface area contributed by atoms with Gasteiger partial charge in [-0.25, -0.2) is 0 Å². The Morgan fingerprint density at radius 2 is 1.78 bits per heavy atom. The van der Waals surface area contributed by atoms with E-state index in [9.17, 15) is 4.79 Å². The zero-order chi connectivity index (χ0) is 19.2. The van der Waals surface area contributed by atoms with Crippen LogP contribution >= 0.6 is 0 Å². The van der Waals surface area contributed by atoms with Gasteiger partial charge in [0, 0.05) is 0 Å². The molecule has 0 bridgehead atoms. The van der Waals surface area contributed by atoms with E-state index < -0.39 is 6.10 Å². The van der Waals surface area contributed by atoms with Gasteiger partial charge in [0.05, 0.1) is 11.8 Å². The maximum absolute atomic E-state index is 12.8. The monoisotopic (exact) mass is 367 g/mol. The zero-order valence-electron chi connectivity index (χ0n) is 16.5. The zero-order valence-corrected chi connectivity index (χ0v) is 16.5. The van der Waals surface area contributed by atoms with E-state index in [1.54, 1.807) is 0 Å². The van der Waals surface area contributed by atoms with Crippen LogP contribution in [-0.4, -0.2) is 18.1 Å². The molecule has 0 heterocycles. The lowest BCUT2D eigenvalue weighted by atomic mass is 9.92. The van der Waals surface area contributed by atoms with E-state index >= 15 is 0 Å². The third kappa shape index (κ3) is 5.03. The van der Waals surface area contributed by atoms with Crippen molar-refractivity contribution in [2.24, 2.45) is 0 Å². The fourth-order valence-electron chi connectivity index (χ4n) is 3.41. The molecule has 1 N–H and O–H groups in total. The Labute approximate surface area is 161 Å². The van der Waals surface area contributed by atoms with Crippen molar-refractivity contribution in [3.8, 4) is 11.5 Å². The lowest BCUT2D eigenvalue weighted by Crippen LogP contribution is -2.32. The molecule has 144 valence electrons. The van der Waals surface area contributed by atoms with Gasteiger partial charge < -0.3 is 14.8 Å². The van der Waals surface area contributed by atoms with Crippen molar-refractivity contribution in [1.29, 1.82) is 0 Å². The number of anilines is 1. The van der Waals surface area contributed by atoms with Crippen LogP contribution in [0.5, 0.6) is 11.5 Å². The molecule has 4 nitrogen and oxygen atoms in total. The topological polar surface area (TPSA) is 47.6 Å². The number of hydrogen-bond donors (Lipinski definition) is 1. The van der Waals surface area contributed by atoms with Gasteiger partial charge in [-0.1, -0.05) is 25.1 Å². The van der Waals surface area contributed by atoms with Gasteiger partial charge in [0.2, 0.25) is 0 Å². The highest BCUT2D eigenvalue weighted by atomic mass is 16.5. The van der Waals surface area contributed by atoms with Crippen LogP contribution in [0.4, 0.5) is 5.69 Å². The summed E-state index contributed by atoms with van der Waals surface area (Å²) in [5.41, 5.74) is 3.43. The van der Waals surface area contributed by atoms with Crippen LogP contribution in [0.25, 0.3) is 0 Å². The SMILES string of the molecule is CC[C@@H](Oc1ccc2c(c1)CCCC2)C(=O)Nc1ccccc1OC(C)C. The first-order chi connectivity index (χ1) is 13.1. The molecule has 27 heavy (non-hydrogen) atoms. The van der Waals surface area contributed by atoms with Crippen LogP contribution in [0.2, 0.25) is 0 Å². The van der Waals surface area contributed by atoms with E-state index in [1.807, 2.05) is 51.1 Å². The number of benzene rings is 2. The number of para-hydroxylation sites is 2. The molecule has 1 atom stereocenters. The van der Waals surface area contributed by atoms with Gasteiger partial charge in [-0.3, -0.25) is 4.79 Å². The van der Waals surface area contributed by atoms with Gasteiger partial charge in [-0.05, 0) is 81.3 Å². The molecule has 0 unspecified atom stereocenters. The van der Waals surface area contributed by atoms with Gasteiger partial charge in [-0.2, -0.15) is 0 Å². The summed E-state index contributed by atoms with van der Waals surface area (Å²) < 4.78 is 11.8. The van der Waals surface area contributed by atoms with Crippen LogP contribution in [0, 0.1) is 0 Å². The molecule has 0 radical (unpaired) electrons. The molecule has 3 rings (SSSR count). The first-order valence-electron chi connectivity index (χ1n) is 9.91. The second kappa shape index (κ2) is 8.94. The molecule has 2 aromatic rings. The molecule has 0 saturated heterocycles. The Balaban J connectivity index is 1.70. The normalized spacial score (nSPS) is 14.4. The fraction of sp³-hybridized carbons (Fsp3) is 0.435. The highest BCUT2D eigenvalue weighted by molar-refractivity contribution is 5.95. The average Bonchev–Trinajstić information content (AvgIpc) is 2.67. The molecule has 4 heteroatoms. The Hall–Kier alpha value is -2.49. The van der Waals surface area contributed by atoms with Crippen molar-refractivity contribution < 1.29 is 14.3 Å². The van der Waals surface area contributed by atoms with Crippen molar-refractivity contribution in [2.45, 2.75) is 65.1 Å². The molecule has 0 fully saturated rings. The number of carbonyl (C=O) groups is 1. The maximum Gasteiger partial charge on any atom is 0.265 e. The molecular weight excluding hydrogens is 338 g/mol. The molecule has 0 saturated carbocycles. The van der Waals surface area contributed by atoms with Gasteiger partial charge in [-0.15, -0.1) is 0 Å². The lowest BCUT2D eigenvalue weighted by molar-refractivity contribution is -0.122. The minimum atomic E-state index is -0.543. The predicted octanol–water partition coefficient (Wildman–Crippen LogP) is 5.15. The predicted molar refractivity (Wildman–Crippen MR) is 109 cm³/mol. The summed E-state index contributed by atoms with van der Waals surface area (Å²) in [6, 6.07) is 13.7. The lowest BCUT2D eigenvalue weighted by Gasteiger charge is -2.21. The molecule has 1 amide bonds. The number of fused-ring (bicyclic) bond motifs is 1. The summed E-state index contributed by atoms with van der Waals surface area (Å²) >= 11 is 0. The largest absolute Gasteiger partial charge is 0.489 e. The Bertz CT molecular complexity index is 785. The fourth-order valence-corrected chi connectivity index (χ4v) is 3.41. The van der Waals surface area contributed by atoms with Crippen molar-refractivity contribution in [1.82, 2.24) is 0 Å². The van der Waals surface area contributed by atoms with E-state index in [0.717, 1.165) is 18.6 Å². The van der Waals surface area contributed by atoms with Crippen molar-refractivity contribution in [3.05, 3.63) is 53.6 Å². The van der Waals surface area contributed by atoms with Crippen LogP contribution in [0.1, 0.15) is 51.2 Å². The van der Waals surface area contributed by atoms with Crippen LogP contribution in [0.3, 0.4) is 0 Å². The minimum Gasteiger partial charge on any atom is -0.489 e. The van der Waals surface area contributed by atoms with Gasteiger partial charge in [0.25, 0.3) is 5.91 Å². The minimum absolute atomic E-state index is 0.0387. The van der Waals surface area contributed by atoms with E-state index in [-0.39, 0.29) is 12.0 Å². The second-order valence-electron chi connectivity index (χ2n) is 7.30. The van der Waals surface area contributed by atoms with Gasteiger partial charge >= 0.3 is 0 Å². The molecular formula is C23H29NO3. The maximum atomic E-state index is 12.8. The summed E-state index contributed by atoms with van der Waals surface area (Å²) in [5, 5.41) is 2.96. The van der Waals surface area contributed by atoms with Gasteiger partial charge in [0.15, 0.2) is 6.10 Å². The summed E-state index contributed by atoms with van der Waals surface area (Å²) in [6.45, 7) is 5.89. The van der Waals surface area contributed by atoms with Crippen molar-refractivity contribution in [3.63, 3.8) is 0 Å². The number of ether oxygens (including phenoxy) is 2. The molecule has 1 aliphatic rings. The Kier molecular flexibility index (Phi) is 6.38. The Morgan fingerprint density at radius 3 is 2.52 bits per heavy atom. The van der Waals surface area contributed by atoms with Crippen LogP contribution in [0.15, 0.2) is 42.5 Å². The van der Waals surface area contributed by atoms with E-state index in [2.05, 4.69) is 17.4 Å². The summed E-state index contributed by atoms with van der Waals surface area (Å²) in [7, 11) is 0. The highest BCUT2D eigenvalue weighted by Crippen LogP contribution is 2.28. The van der Waals surface area contributed by atoms with E-state index in [0.29, 0.717) is 17.9 Å². The first-order valence-corrected chi connectivity index (χ1v) is 9.91. The summed E-state index contributed by atoms with van der Waals surface area (Å²) in [6.07, 6.45) is 4.80. The standard InChI is InChI=1S/C23H29NO3/c1-4-21(27-19-14-13-17-9-5-6-10-18(17)15-19)23(25)24-20-11-7-8-12-22(20)26-16(2)3/h7-8,11-16,21H,4-6,9-10H2,1-3H3,(H,24,25)/t21-/m1/s1. The van der Waals surface area contributed by atoms with Crippen molar-refractivity contribution >= 4 is 11.6 Å². The van der Waals surface area contributed by atoms with Crippen molar-refractivity contribution in [2.75, 3.05) is 5.32 Å². The molecule has 0 aliphatic heterocycles. The van der Waals surface area contributed by atoms with E-state index in [1.165, 1.54) is 24.0 Å². The van der Waals surface area contributed by atoms with Gasteiger partial charge in [0.1, 0.15) is 11.5 Å². The second-order valence-corrected chi connectivity index (χ2v) is 7.30. The smallest absolute Gasteiger partial charge is 0.265 e. The molecule has 2 aromatic carbocycles. The number of carbonyl (C=O) groups excluding carboxylic acids is 1. The number of nitrogens with one attached hydrogen (secondary N) is 1. The van der Waals surface area contributed by atoms with Crippen LogP contribution in [-0.2, 0) is 17.6 Å². The molecule has 1 aliphatic carbocycles.